The first-order valence-corrected chi connectivity index (χ1v) is 9.33. The van der Waals surface area contributed by atoms with E-state index in [9.17, 15) is 0 Å². The van der Waals surface area contributed by atoms with Crippen LogP contribution in [0.4, 0.5) is 0 Å². The molecule has 3 heteroatoms. The van der Waals surface area contributed by atoms with Crippen molar-refractivity contribution in [3.63, 3.8) is 0 Å². The number of hydrogen-bond acceptors (Lipinski definition) is 0. The minimum absolute atomic E-state index is 0. The maximum absolute atomic E-state index is 2.39. The molecule has 0 radical (unpaired) electrons. The van der Waals surface area contributed by atoms with Crippen molar-refractivity contribution in [2.45, 2.75) is 26.7 Å². The van der Waals surface area contributed by atoms with Crippen LogP contribution >= 0.6 is 0 Å². The molecule has 25 heavy (non-hydrogen) atoms. The van der Waals surface area contributed by atoms with Gasteiger partial charge in [-0.3, -0.25) is 0 Å². The van der Waals surface area contributed by atoms with E-state index < -0.39 is 0 Å². The Labute approximate surface area is 177 Å². The van der Waals surface area contributed by atoms with Crippen molar-refractivity contribution in [3.05, 3.63) is 91.3 Å². The largest absolute Gasteiger partial charge is 1.00 e. The zero-order valence-corrected chi connectivity index (χ0v) is 18.5. The van der Waals surface area contributed by atoms with Gasteiger partial charge in [0.25, 0.3) is 0 Å². The normalized spacial score (nSPS) is 15.2. The molecule has 2 aliphatic rings. The van der Waals surface area contributed by atoms with Crippen LogP contribution in [0.1, 0.15) is 37.8 Å². The summed E-state index contributed by atoms with van der Waals surface area (Å²) in [7, 11) is 0. The Morgan fingerprint density at radius 1 is 0.840 bits per heavy atom. The summed E-state index contributed by atoms with van der Waals surface area (Å²) in [5.74, 6) is 0.393. The van der Waals surface area contributed by atoms with Gasteiger partial charge in [0, 0.05) is 0 Å². The van der Waals surface area contributed by atoms with Crippen LogP contribution in [0.3, 0.4) is 0 Å². The number of allylic oxidation sites excluding steroid dienone is 6. The molecular formula is C22H19Cl2Zr. The summed E-state index contributed by atoms with van der Waals surface area (Å²) in [5, 5.41) is 0. The molecule has 2 aromatic rings. The fourth-order valence-electron chi connectivity index (χ4n) is 3.94. The van der Waals surface area contributed by atoms with E-state index in [0.717, 1.165) is 0 Å². The second kappa shape index (κ2) is 7.79. The molecule has 4 rings (SSSR count). The van der Waals surface area contributed by atoms with Crippen molar-refractivity contribution >= 4 is 0 Å². The first-order chi connectivity index (χ1) is 11.1. The standard InChI is InChI=1S/C22H19.2ClH.Zr/c1-14(2)16-12-15(3)21(13-16)22-19-10-6-4-8-17(19)18-9-5-7-11-20(18)22;;;/h4-12,22H,1-3H3;2*1H;/q;;;+2/p-2. The predicted molar refractivity (Wildman–Crippen MR) is 92.9 cm³/mol. The molecule has 2 aliphatic carbocycles. The number of benzene rings is 2. The smallest absolute Gasteiger partial charge is 1.00 e. The van der Waals surface area contributed by atoms with Crippen LogP contribution in [0.2, 0.25) is 0 Å². The van der Waals surface area contributed by atoms with Crippen molar-refractivity contribution in [3.8, 4) is 11.1 Å². The van der Waals surface area contributed by atoms with Gasteiger partial charge in [-0.05, 0) is 0 Å². The molecule has 0 saturated carbocycles. The minimum Gasteiger partial charge on any atom is -1.00 e. The van der Waals surface area contributed by atoms with E-state index in [2.05, 4.69) is 75.4 Å². The molecule has 0 amide bonds. The van der Waals surface area contributed by atoms with Gasteiger partial charge in [-0.2, -0.15) is 0 Å². The summed E-state index contributed by atoms with van der Waals surface area (Å²) in [6.45, 7) is 6.73. The number of halogens is 2. The van der Waals surface area contributed by atoms with Gasteiger partial charge in [0.05, 0.1) is 0 Å². The molecule has 0 N–H and O–H groups in total. The van der Waals surface area contributed by atoms with Gasteiger partial charge in [-0.25, -0.2) is 0 Å². The topological polar surface area (TPSA) is 0 Å². The number of rotatable bonds is 1. The first-order valence-electron chi connectivity index (χ1n) is 8.10. The molecule has 0 nitrogen and oxygen atoms in total. The van der Waals surface area contributed by atoms with E-state index in [1.807, 2.05) is 0 Å². The van der Waals surface area contributed by atoms with Gasteiger partial charge >= 0.3 is 154 Å². The first kappa shape index (κ1) is 20.4. The second-order valence-corrected chi connectivity index (χ2v) is 7.87. The van der Waals surface area contributed by atoms with Crippen molar-refractivity contribution in [2.24, 2.45) is 0 Å². The fraction of sp³-hybridized carbons (Fsp3) is 0.182. The summed E-state index contributed by atoms with van der Waals surface area (Å²) in [4.78, 5) is 0. The fourth-order valence-corrected chi connectivity index (χ4v) is 5.57. The van der Waals surface area contributed by atoms with Gasteiger partial charge in [0.15, 0.2) is 0 Å². The molecule has 0 aliphatic heterocycles. The Morgan fingerprint density at radius 2 is 1.32 bits per heavy atom. The van der Waals surface area contributed by atoms with Crippen molar-refractivity contribution in [1.82, 2.24) is 0 Å². The molecule has 0 heterocycles. The summed E-state index contributed by atoms with van der Waals surface area (Å²) < 4.78 is 1.53. The Balaban J connectivity index is 0.00000113. The molecule has 0 spiro atoms. The second-order valence-electron chi connectivity index (χ2n) is 6.64. The maximum Gasteiger partial charge on any atom is -1.00 e. The average molecular weight is 446 g/mol. The van der Waals surface area contributed by atoms with Gasteiger partial charge < -0.3 is 24.8 Å². The molecule has 125 valence electrons. The number of hydrogen-bond donors (Lipinski definition) is 0. The maximum atomic E-state index is 2.39. The molecule has 0 fully saturated rings. The van der Waals surface area contributed by atoms with E-state index in [1.165, 1.54) is 72.5 Å². The quantitative estimate of drug-likeness (QED) is 0.576. The minimum atomic E-state index is 0. The summed E-state index contributed by atoms with van der Waals surface area (Å²) >= 11 is 1.51. The van der Waals surface area contributed by atoms with Gasteiger partial charge in [0.2, 0.25) is 0 Å². The molecular weight excluding hydrogens is 426 g/mol. The number of fused-ring (bicyclic) bond motifs is 3. The molecule has 0 atom stereocenters. The van der Waals surface area contributed by atoms with E-state index in [0.29, 0.717) is 5.92 Å². The van der Waals surface area contributed by atoms with Gasteiger partial charge in [0.1, 0.15) is 0 Å². The van der Waals surface area contributed by atoms with E-state index in [1.54, 1.807) is 0 Å². The molecule has 0 bridgehead atoms. The average Bonchev–Trinajstić information content (AvgIpc) is 3.02. The third-order valence-corrected chi connectivity index (χ3v) is 6.31. The summed E-state index contributed by atoms with van der Waals surface area (Å²) in [6, 6.07) is 17.8. The monoisotopic (exact) mass is 443 g/mol. The van der Waals surface area contributed by atoms with Crippen LogP contribution in [-0.4, -0.2) is 0 Å². The SMILES string of the molecule is CC1=CC(=C(C)C)[C]([Zr+2])=C1C1c2ccccc2-c2ccccc21.[Cl-].[Cl-]. The third-order valence-electron chi connectivity index (χ3n) is 4.99. The van der Waals surface area contributed by atoms with Gasteiger partial charge in [-0.15, -0.1) is 0 Å². The zero-order valence-electron chi connectivity index (χ0n) is 14.5. The molecule has 0 unspecified atom stereocenters. The Kier molecular flexibility index (Phi) is 6.37. The van der Waals surface area contributed by atoms with E-state index in [4.69, 9.17) is 0 Å². The van der Waals surface area contributed by atoms with Crippen LogP contribution in [0, 0.1) is 0 Å². The van der Waals surface area contributed by atoms with Crippen LogP contribution in [0.15, 0.2) is 80.2 Å². The summed E-state index contributed by atoms with van der Waals surface area (Å²) in [5.41, 5.74) is 11.6. The van der Waals surface area contributed by atoms with Gasteiger partial charge in [-0.1, -0.05) is 0 Å². The van der Waals surface area contributed by atoms with Crippen LogP contribution in [0.25, 0.3) is 11.1 Å². The molecule has 2 aromatic carbocycles. The molecule has 0 aromatic heterocycles. The van der Waals surface area contributed by atoms with Crippen molar-refractivity contribution in [2.75, 3.05) is 0 Å². The van der Waals surface area contributed by atoms with Crippen LogP contribution in [-0.2, 0) is 24.7 Å². The third kappa shape index (κ3) is 3.16. The van der Waals surface area contributed by atoms with E-state index >= 15 is 0 Å². The van der Waals surface area contributed by atoms with E-state index in [-0.39, 0.29) is 24.8 Å². The Bertz CT molecular complexity index is 870. The molecule has 0 saturated heterocycles. The Hall–Kier alpha value is -0.877. The Morgan fingerprint density at radius 3 is 1.76 bits per heavy atom. The summed E-state index contributed by atoms with van der Waals surface area (Å²) in [6.07, 6.45) is 2.39. The van der Waals surface area contributed by atoms with Crippen molar-refractivity contribution in [1.29, 1.82) is 0 Å². The zero-order chi connectivity index (χ0) is 16.1. The van der Waals surface area contributed by atoms with Crippen molar-refractivity contribution < 1.29 is 49.5 Å². The predicted octanol–water partition coefficient (Wildman–Crippen LogP) is -0.0959. The van der Waals surface area contributed by atoms with Crippen LogP contribution in [0.5, 0.6) is 0 Å². The van der Waals surface area contributed by atoms with Crippen LogP contribution < -0.4 is 24.8 Å².